The van der Waals surface area contributed by atoms with Gasteiger partial charge in [0, 0.05) is 5.69 Å². The lowest BCUT2D eigenvalue weighted by molar-refractivity contribution is -0.127. The summed E-state index contributed by atoms with van der Waals surface area (Å²) in [7, 11) is 0. The van der Waals surface area contributed by atoms with Crippen LogP contribution in [0.2, 0.25) is 10.0 Å². The Kier molecular flexibility index (Phi) is 9.36. The van der Waals surface area contributed by atoms with Crippen LogP contribution in [0.1, 0.15) is 23.6 Å². The number of anilines is 1. The van der Waals surface area contributed by atoms with E-state index in [-0.39, 0.29) is 12.3 Å². The second-order valence-electron chi connectivity index (χ2n) is 8.60. The van der Waals surface area contributed by atoms with E-state index in [2.05, 4.69) is 33.2 Å². The van der Waals surface area contributed by atoms with Crippen molar-refractivity contribution in [2.45, 2.75) is 20.5 Å². The average Bonchev–Trinajstić information content (AvgIpc) is 3.13. The van der Waals surface area contributed by atoms with Crippen LogP contribution in [0.4, 0.5) is 10.5 Å². The molecular formula is C28H24Cl2IN3O5. The van der Waals surface area contributed by atoms with Crippen LogP contribution in [0.5, 0.6) is 11.5 Å². The zero-order valence-corrected chi connectivity index (χ0v) is 24.7. The number of rotatable bonds is 9. The molecule has 0 saturated carbocycles. The second-order valence-corrected chi connectivity index (χ2v) is 10.6. The molecule has 8 nitrogen and oxygen atoms in total. The first kappa shape index (κ1) is 28.7. The minimum absolute atomic E-state index is 0.0473. The van der Waals surface area contributed by atoms with E-state index in [1.807, 2.05) is 26.0 Å². The summed E-state index contributed by atoms with van der Waals surface area (Å²) in [5.41, 5.74) is 3.05. The van der Waals surface area contributed by atoms with Crippen molar-refractivity contribution in [3.8, 4) is 11.5 Å². The Hall–Kier alpha value is -3.28. The highest BCUT2D eigenvalue weighted by Crippen LogP contribution is 2.36. The Morgan fingerprint density at radius 1 is 1.08 bits per heavy atom. The van der Waals surface area contributed by atoms with Crippen molar-refractivity contribution in [2.24, 2.45) is 0 Å². The van der Waals surface area contributed by atoms with Gasteiger partial charge in [0.2, 0.25) is 5.91 Å². The Labute approximate surface area is 249 Å². The number of amides is 4. The molecule has 0 aliphatic carbocycles. The van der Waals surface area contributed by atoms with Crippen LogP contribution < -0.4 is 20.1 Å². The molecule has 0 spiro atoms. The molecular weight excluding hydrogens is 656 g/mol. The zero-order chi connectivity index (χ0) is 28.1. The van der Waals surface area contributed by atoms with Gasteiger partial charge in [0.05, 0.1) is 20.2 Å². The number of aryl methyl sites for hydroxylation is 1. The molecule has 0 atom stereocenters. The van der Waals surface area contributed by atoms with E-state index in [0.717, 1.165) is 19.6 Å². The van der Waals surface area contributed by atoms with Gasteiger partial charge in [-0.15, -0.1) is 0 Å². The molecule has 0 radical (unpaired) electrons. The van der Waals surface area contributed by atoms with Crippen LogP contribution >= 0.6 is 45.8 Å². The fourth-order valence-electron chi connectivity index (χ4n) is 3.81. The standard InChI is InChI=1S/C28H24Cl2IN3O5/c1-3-38-24-13-18(11-22(31)26(24)39-15-17-7-8-20(29)21(30)10-17)12-23-27(36)34(28(37)33-23)14-25(35)32-19-6-4-5-16(2)9-19/h4-13H,3,14-15H2,1-2H3,(H,32,35)(H,33,37)/b23-12+. The lowest BCUT2D eigenvalue weighted by atomic mass is 10.1. The minimum atomic E-state index is -0.674. The number of hydrogen-bond acceptors (Lipinski definition) is 5. The molecule has 4 rings (SSSR count). The van der Waals surface area contributed by atoms with Gasteiger partial charge in [-0.25, -0.2) is 9.69 Å². The zero-order valence-electron chi connectivity index (χ0n) is 21.0. The van der Waals surface area contributed by atoms with Gasteiger partial charge >= 0.3 is 6.03 Å². The Morgan fingerprint density at radius 2 is 1.87 bits per heavy atom. The van der Waals surface area contributed by atoms with Crippen LogP contribution in [0.25, 0.3) is 6.08 Å². The summed E-state index contributed by atoms with van der Waals surface area (Å²) in [6, 6.07) is 15.3. The number of nitrogens with one attached hydrogen (secondary N) is 2. The third kappa shape index (κ3) is 7.23. The third-order valence-electron chi connectivity index (χ3n) is 5.58. The molecule has 0 aromatic heterocycles. The SMILES string of the molecule is CCOc1cc(/C=C2/NC(=O)N(CC(=O)Nc3cccc(C)c3)C2=O)cc(I)c1OCc1ccc(Cl)c(Cl)c1. The van der Waals surface area contributed by atoms with Gasteiger partial charge in [-0.05, 0) is 95.6 Å². The first-order valence-corrected chi connectivity index (χ1v) is 13.7. The van der Waals surface area contributed by atoms with Crippen molar-refractivity contribution in [2.75, 3.05) is 18.5 Å². The number of hydrogen-bond donors (Lipinski definition) is 2. The highest BCUT2D eigenvalue weighted by Gasteiger charge is 2.35. The number of halogens is 3. The predicted molar refractivity (Wildman–Crippen MR) is 159 cm³/mol. The van der Waals surface area contributed by atoms with E-state index in [9.17, 15) is 14.4 Å². The first-order chi connectivity index (χ1) is 18.6. The van der Waals surface area contributed by atoms with Gasteiger partial charge in [0.1, 0.15) is 18.8 Å². The summed E-state index contributed by atoms with van der Waals surface area (Å²) in [4.78, 5) is 38.8. The molecule has 1 fully saturated rings. The number of carbonyl (C=O) groups excluding carboxylic acids is 3. The van der Waals surface area contributed by atoms with Gasteiger partial charge in [0.25, 0.3) is 5.91 Å². The van der Waals surface area contributed by atoms with Crippen molar-refractivity contribution in [1.29, 1.82) is 0 Å². The quantitative estimate of drug-likeness (QED) is 0.155. The van der Waals surface area contributed by atoms with E-state index in [0.29, 0.717) is 39.4 Å². The number of carbonyl (C=O) groups is 3. The molecule has 1 heterocycles. The summed E-state index contributed by atoms with van der Waals surface area (Å²) >= 11 is 14.2. The van der Waals surface area contributed by atoms with Crippen molar-refractivity contribution in [3.63, 3.8) is 0 Å². The van der Waals surface area contributed by atoms with Crippen LogP contribution in [-0.4, -0.2) is 35.9 Å². The smallest absolute Gasteiger partial charge is 0.329 e. The molecule has 2 N–H and O–H groups in total. The summed E-state index contributed by atoms with van der Waals surface area (Å²) in [5.74, 6) is -0.0846. The summed E-state index contributed by atoms with van der Waals surface area (Å²) in [5, 5.41) is 6.14. The number of benzene rings is 3. The van der Waals surface area contributed by atoms with E-state index in [1.165, 1.54) is 6.08 Å². The molecule has 4 amide bonds. The van der Waals surface area contributed by atoms with E-state index < -0.39 is 24.4 Å². The van der Waals surface area contributed by atoms with E-state index in [1.54, 1.807) is 42.5 Å². The molecule has 0 bridgehead atoms. The van der Waals surface area contributed by atoms with Crippen molar-refractivity contribution >= 4 is 75.4 Å². The van der Waals surface area contributed by atoms with Gasteiger partial charge in [0.15, 0.2) is 11.5 Å². The minimum Gasteiger partial charge on any atom is -0.490 e. The number of nitrogens with zero attached hydrogens (tertiary/aromatic N) is 1. The van der Waals surface area contributed by atoms with Gasteiger partial charge in [-0.2, -0.15) is 0 Å². The molecule has 39 heavy (non-hydrogen) atoms. The highest BCUT2D eigenvalue weighted by atomic mass is 127. The molecule has 1 saturated heterocycles. The molecule has 202 valence electrons. The van der Waals surface area contributed by atoms with Crippen molar-refractivity contribution < 1.29 is 23.9 Å². The second kappa shape index (κ2) is 12.7. The Balaban J connectivity index is 1.49. The van der Waals surface area contributed by atoms with Crippen LogP contribution in [0, 0.1) is 10.5 Å². The molecule has 1 aliphatic heterocycles. The maximum atomic E-state index is 13.0. The monoisotopic (exact) mass is 679 g/mol. The van der Waals surface area contributed by atoms with E-state index >= 15 is 0 Å². The Bertz CT molecular complexity index is 1480. The van der Waals surface area contributed by atoms with E-state index in [4.69, 9.17) is 32.7 Å². The lowest BCUT2D eigenvalue weighted by Crippen LogP contribution is -2.38. The van der Waals surface area contributed by atoms with Crippen molar-refractivity contribution in [1.82, 2.24) is 10.2 Å². The topological polar surface area (TPSA) is 97.0 Å². The summed E-state index contributed by atoms with van der Waals surface area (Å²) in [6.07, 6.45) is 1.53. The van der Waals surface area contributed by atoms with Crippen LogP contribution in [-0.2, 0) is 16.2 Å². The maximum Gasteiger partial charge on any atom is 0.329 e. The molecule has 3 aromatic rings. The van der Waals surface area contributed by atoms with Gasteiger partial charge in [-0.1, -0.05) is 41.4 Å². The first-order valence-electron chi connectivity index (χ1n) is 11.9. The fraction of sp³-hybridized carbons (Fsp3) is 0.179. The molecule has 11 heteroatoms. The average molecular weight is 680 g/mol. The molecule has 0 unspecified atom stereocenters. The predicted octanol–water partition coefficient (Wildman–Crippen LogP) is 6.42. The lowest BCUT2D eigenvalue weighted by Gasteiger charge is -2.15. The van der Waals surface area contributed by atoms with Gasteiger partial charge < -0.3 is 20.1 Å². The highest BCUT2D eigenvalue weighted by molar-refractivity contribution is 14.1. The summed E-state index contributed by atoms with van der Waals surface area (Å²) < 4.78 is 12.6. The molecule has 3 aromatic carbocycles. The third-order valence-corrected chi connectivity index (χ3v) is 7.12. The Morgan fingerprint density at radius 3 is 2.59 bits per heavy atom. The van der Waals surface area contributed by atoms with Crippen LogP contribution in [0.15, 0.2) is 60.3 Å². The summed E-state index contributed by atoms with van der Waals surface area (Å²) in [6.45, 7) is 3.96. The fourth-order valence-corrected chi connectivity index (χ4v) is 4.91. The molecule has 1 aliphatic rings. The maximum absolute atomic E-state index is 13.0. The number of ether oxygens (including phenoxy) is 2. The normalized spacial score (nSPS) is 14.0. The van der Waals surface area contributed by atoms with Gasteiger partial charge in [-0.3, -0.25) is 9.59 Å². The number of urea groups is 1. The largest absolute Gasteiger partial charge is 0.490 e. The number of imide groups is 1. The van der Waals surface area contributed by atoms with Crippen LogP contribution in [0.3, 0.4) is 0 Å². The van der Waals surface area contributed by atoms with Crippen molar-refractivity contribution in [3.05, 3.63) is 90.6 Å².